The van der Waals surface area contributed by atoms with Crippen LogP contribution in [-0.2, 0) is 4.74 Å². The molecule has 2 heterocycles. The third-order valence-corrected chi connectivity index (χ3v) is 3.77. The highest BCUT2D eigenvalue weighted by Crippen LogP contribution is 2.28. The van der Waals surface area contributed by atoms with E-state index in [-0.39, 0.29) is 6.04 Å². The molecule has 0 saturated carbocycles. The lowest BCUT2D eigenvalue weighted by Gasteiger charge is -2.20. The lowest BCUT2D eigenvalue weighted by molar-refractivity contribution is 0.148. The summed E-state index contributed by atoms with van der Waals surface area (Å²) < 4.78 is 16.1. The second-order valence-electron chi connectivity index (χ2n) is 5.43. The van der Waals surface area contributed by atoms with E-state index < -0.39 is 0 Å². The Balaban J connectivity index is 1.86. The number of hydrogen-bond donors (Lipinski definition) is 1. The Morgan fingerprint density at radius 1 is 1.35 bits per heavy atom. The molecule has 122 valence electrons. The summed E-state index contributed by atoms with van der Waals surface area (Å²) in [6.45, 7) is 3.95. The number of aryl methyl sites for hydroxylation is 1. The van der Waals surface area contributed by atoms with Gasteiger partial charge in [-0.1, -0.05) is 29.4 Å². The SMILES string of the molecule is COc1ccccc1C(NCC1=CCCOC1)c1noc(C)n1. The zero-order valence-electron chi connectivity index (χ0n) is 13.4. The van der Waals surface area contributed by atoms with Crippen LogP contribution in [0.25, 0.3) is 0 Å². The third-order valence-electron chi connectivity index (χ3n) is 3.77. The molecule has 0 bridgehead atoms. The summed E-state index contributed by atoms with van der Waals surface area (Å²) in [5.41, 5.74) is 2.21. The second kappa shape index (κ2) is 7.39. The average Bonchev–Trinajstić information content (AvgIpc) is 3.02. The van der Waals surface area contributed by atoms with Gasteiger partial charge >= 0.3 is 0 Å². The number of nitrogens with zero attached hydrogens (tertiary/aromatic N) is 2. The van der Waals surface area contributed by atoms with Gasteiger partial charge in [-0.15, -0.1) is 0 Å². The molecule has 0 aliphatic carbocycles. The van der Waals surface area contributed by atoms with Gasteiger partial charge in [-0.05, 0) is 18.1 Å². The third kappa shape index (κ3) is 3.78. The van der Waals surface area contributed by atoms with Crippen molar-refractivity contribution < 1.29 is 14.0 Å². The van der Waals surface area contributed by atoms with Gasteiger partial charge in [0.05, 0.1) is 20.3 Å². The van der Waals surface area contributed by atoms with Crippen molar-refractivity contribution in [3.8, 4) is 5.75 Å². The normalized spacial score (nSPS) is 16.0. The Labute approximate surface area is 135 Å². The van der Waals surface area contributed by atoms with Gasteiger partial charge in [0.25, 0.3) is 0 Å². The van der Waals surface area contributed by atoms with Gasteiger partial charge in [0, 0.05) is 19.0 Å². The first-order valence-electron chi connectivity index (χ1n) is 7.70. The molecule has 1 aromatic heterocycles. The summed E-state index contributed by atoms with van der Waals surface area (Å²) in [6.07, 6.45) is 3.18. The molecule has 1 unspecified atom stereocenters. The van der Waals surface area contributed by atoms with E-state index in [9.17, 15) is 0 Å². The second-order valence-corrected chi connectivity index (χ2v) is 5.43. The maximum Gasteiger partial charge on any atom is 0.223 e. The molecule has 0 radical (unpaired) electrons. The van der Waals surface area contributed by atoms with Crippen molar-refractivity contribution in [2.75, 3.05) is 26.9 Å². The maximum absolute atomic E-state index is 5.49. The number of rotatable bonds is 6. The van der Waals surface area contributed by atoms with Crippen LogP contribution >= 0.6 is 0 Å². The number of nitrogens with one attached hydrogen (secondary N) is 1. The van der Waals surface area contributed by atoms with Crippen LogP contribution in [0.1, 0.15) is 29.7 Å². The largest absolute Gasteiger partial charge is 0.496 e. The van der Waals surface area contributed by atoms with Gasteiger partial charge in [0.2, 0.25) is 5.89 Å². The van der Waals surface area contributed by atoms with Crippen molar-refractivity contribution in [3.05, 3.63) is 53.2 Å². The lowest BCUT2D eigenvalue weighted by atomic mass is 10.0. The predicted octanol–water partition coefficient (Wildman–Crippen LogP) is 2.41. The summed E-state index contributed by atoms with van der Waals surface area (Å²) in [4.78, 5) is 4.38. The molecule has 0 amide bonds. The zero-order chi connectivity index (χ0) is 16.1. The van der Waals surface area contributed by atoms with E-state index >= 15 is 0 Å². The van der Waals surface area contributed by atoms with Crippen molar-refractivity contribution in [1.82, 2.24) is 15.5 Å². The molecule has 0 fully saturated rings. The summed E-state index contributed by atoms with van der Waals surface area (Å²) in [7, 11) is 1.66. The fourth-order valence-electron chi connectivity index (χ4n) is 2.64. The van der Waals surface area contributed by atoms with Crippen LogP contribution in [0.2, 0.25) is 0 Å². The molecule has 1 atom stereocenters. The quantitative estimate of drug-likeness (QED) is 0.826. The summed E-state index contributed by atoms with van der Waals surface area (Å²) in [6, 6.07) is 7.65. The van der Waals surface area contributed by atoms with E-state index in [2.05, 4.69) is 21.5 Å². The maximum atomic E-state index is 5.49. The van der Waals surface area contributed by atoms with E-state index in [0.717, 1.165) is 24.3 Å². The van der Waals surface area contributed by atoms with Gasteiger partial charge < -0.3 is 14.0 Å². The molecule has 23 heavy (non-hydrogen) atoms. The van der Waals surface area contributed by atoms with Gasteiger partial charge in [-0.2, -0.15) is 4.98 Å². The summed E-state index contributed by atoms with van der Waals surface area (Å²) >= 11 is 0. The molecule has 0 spiro atoms. The van der Waals surface area contributed by atoms with Crippen molar-refractivity contribution in [3.63, 3.8) is 0 Å². The minimum Gasteiger partial charge on any atom is -0.496 e. The van der Waals surface area contributed by atoms with E-state index in [0.29, 0.717) is 24.9 Å². The van der Waals surface area contributed by atoms with Gasteiger partial charge in [0.15, 0.2) is 5.82 Å². The summed E-state index contributed by atoms with van der Waals surface area (Å²) in [5, 5.41) is 7.57. The minimum atomic E-state index is -0.202. The highest BCUT2D eigenvalue weighted by atomic mass is 16.5. The van der Waals surface area contributed by atoms with E-state index in [1.54, 1.807) is 14.0 Å². The summed E-state index contributed by atoms with van der Waals surface area (Å²) in [5.74, 6) is 1.94. The lowest BCUT2D eigenvalue weighted by Crippen LogP contribution is -2.28. The molecule has 0 saturated heterocycles. The van der Waals surface area contributed by atoms with Crippen molar-refractivity contribution in [1.29, 1.82) is 0 Å². The number of methoxy groups -OCH3 is 1. The first-order chi connectivity index (χ1) is 11.3. The number of aromatic nitrogens is 2. The van der Waals surface area contributed by atoms with Crippen LogP contribution in [-0.4, -0.2) is 37.0 Å². The van der Waals surface area contributed by atoms with Crippen LogP contribution in [0.5, 0.6) is 5.75 Å². The Kier molecular flexibility index (Phi) is 5.05. The Morgan fingerprint density at radius 3 is 2.91 bits per heavy atom. The molecule has 6 heteroatoms. The van der Waals surface area contributed by atoms with Gasteiger partial charge in [-0.3, -0.25) is 5.32 Å². The molecule has 1 aromatic carbocycles. The standard InChI is InChI=1S/C17H21N3O3/c1-12-19-17(20-23-12)16(14-7-3-4-8-15(14)21-2)18-10-13-6-5-9-22-11-13/h3-4,6-8,16,18H,5,9-11H2,1-2H3. The highest BCUT2D eigenvalue weighted by Gasteiger charge is 2.23. The van der Waals surface area contributed by atoms with Gasteiger partial charge in [0.1, 0.15) is 11.8 Å². The number of hydrogen-bond acceptors (Lipinski definition) is 6. The molecule has 6 nitrogen and oxygen atoms in total. The van der Waals surface area contributed by atoms with Crippen LogP contribution in [0, 0.1) is 6.92 Å². The predicted molar refractivity (Wildman–Crippen MR) is 85.4 cm³/mol. The fraction of sp³-hybridized carbons (Fsp3) is 0.412. The minimum absolute atomic E-state index is 0.202. The molecular weight excluding hydrogens is 294 g/mol. The fourth-order valence-corrected chi connectivity index (χ4v) is 2.64. The van der Waals surface area contributed by atoms with Crippen molar-refractivity contribution >= 4 is 0 Å². The van der Waals surface area contributed by atoms with E-state index in [1.165, 1.54) is 5.57 Å². The van der Waals surface area contributed by atoms with Crippen molar-refractivity contribution in [2.45, 2.75) is 19.4 Å². The van der Waals surface area contributed by atoms with E-state index in [1.807, 2.05) is 24.3 Å². The Morgan fingerprint density at radius 2 is 2.22 bits per heavy atom. The van der Waals surface area contributed by atoms with Crippen LogP contribution in [0.15, 0.2) is 40.4 Å². The topological polar surface area (TPSA) is 69.4 Å². The highest BCUT2D eigenvalue weighted by molar-refractivity contribution is 5.38. The Hall–Kier alpha value is -2.18. The van der Waals surface area contributed by atoms with Crippen LogP contribution in [0.3, 0.4) is 0 Å². The number of para-hydroxylation sites is 1. The first-order valence-corrected chi connectivity index (χ1v) is 7.70. The average molecular weight is 315 g/mol. The molecular formula is C17H21N3O3. The number of benzene rings is 1. The molecule has 1 aliphatic heterocycles. The molecule has 1 aliphatic rings. The van der Waals surface area contributed by atoms with E-state index in [4.69, 9.17) is 14.0 Å². The smallest absolute Gasteiger partial charge is 0.223 e. The first kappa shape index (κ1) is 15.7. The molecule has 2 aromatic rings. The van der Waals surface area contributed by atoms with Crippen LogP contribution < -0.4 is 10.1 Å². The Bertz CT molecular complexity index is 681. The van der Waals surface area contributed by atoms with Crippen LogP contribution in [0.4, 0.5) is 0 Å². The monoisotopic (exact) mass is 315 g/mol. The molecule has 3 rings (SSSR count). The number of ether oxygens (including phenoxy) is 2. The van der Waals surface area contributed by atoms with Gasteiger partial charge in [-0.25, -0.2) is 0 Å². The molecule has 1 N–H and O–H groups in total. The zero-order valence-corrected chi connectivity index (χ0v) is 13.4. The van der Waals surface area contributed by atoms with Crippen molar-refractivity contribution in [2.24, 2.45) is 0 Å².